The van der Waals surface area contributed by atoms with Crippen LogP contribution >= 0.6 is 0 Å². The Morgan fingerprint density at radius 1 is 1.39 bits per heavy atom. The second-order valence-corrected chi connectivity index (χ2v) is 6.32. The third-order valence-electron chi connectivity index (χ3n) is 4.55. The van der Waals surface area contributed by atoms with Crippen molar-refractivity contribution in [1.29, 1.82) is 0 Å². The van der Waals surface area contributed by atoms with Crippen molar-refractivity contribution in [2.75, 3.05) is 13.1 Å². The van der Waals surface area contributed by atoms with Crippen LogP contribution in [0.2, 0.25) is 0 Å². The first-order valence-corrected chi connectivity index (χ1v) is 7.75. The number of aliphatic carboxylic acids is 1. The van der Waals surface area contributed by atoms with E-state index in [1.165, 1.54) is 12.1 Å². The standard InChI is InChI=1S/C17H21F2NO3/c1-10(13-4-3-12(18)8-15(13)19)7-16(21)20-6-5-14(17(22)23)11(2)9-20/h3-4,8,10-11,14H,5-7,9H2,1-2H3,(H,22,23). The highest BCUT2D eigenvalue weighted by molar-refractivity contribution is 5.78. The highest BCUT2D eigenvalue weighted by atomic mass is 19.1. The molecular weight excluding hydrogens is 304 g/mol. The van der Waals surface area contributed by atoms with Crippen LogP contribution in [0.4, 0.5) is 8.78 Å². The van der Waals surface area contributed by atoms with E-state index in [1.807, 2.05) is 6.92 Å². The van der Waals surface area contributed by atoms with Crippen molar-refractivity contribution in [3.8, 4) is 0 Å². The number of rotatable bonds is 4. The summed E-state index contributed by atoms with van der Waals surface area (Å²) in [5.41, 5.74) is 0.313. The summed E-state index contributed by atoms with van der Waals surface area (Å²) in [6, 6.07) is 3.36. The number of amides is 1. The number of carbonyl (C=O) groups excluding carboxylic acids is 1. The third kappa shape index (κ3) is 4.06. The smallest absolute Gasteiger partial charge is 0.306 e. The Hall–Kier alpha value is -1.98. The van der Waals surface area contributed by atoms with Crippen LogP contribution in [-0.2, 0) is 9.59 Å². The summed E-state index contributed by atoms with van der Waals surface area (Å²) in [6.07, 6.45) is 0.550. The molecule has 0 aromatic heterocycles. The lowest BCUT2D eigenvalue weighted by Crippen LogP contribution is -2.45. The number of carboxylic acid groups (broad SMARTS) is 1. The predicted molar refractivity (Wildman–Crippen MR) is 80.9 cm³/mol. The van der Waals surface area contributed by atoms with Crippen molar-refractivity contribution < 1.29 is 23.5 Å². The van der Waals surface area contributed by atoms with Gasteiger partial charge in [-0.1, -0.05) is 19.9 Å². The molecule has 0 radical (unpaired) electrons. The number of likely N-dealkylation sites (tertiary alicyclic amines) is 1. The zero-order valence-corrected chi connectivity index (χ0v) is 13.3. The van der Waals surface area contributed by atoms with Gasteiger partial charge in [0.05, 0.1) is 5.92 Å². The summed E-state index contributed by atoms with van der Waals surface area (Å²) in [5.74, 6) is -3.15. The van der Waals surface area contributed by atoms with Crippen LogP contribution in [-0.4, -0.2) is 35.0 Å². The van der Waals surface area contributed by atoms with Crippen LogP contribution in [0.25, 0.3) is 0 Å². The quantitative estimate of drug-likeness (QED) is 0.926. The Morgan fingerprint density at radius 3 is 2.65 bits per heavy atom. The molecule has 2 rings (SSSR count). The molecule has 1 N–H and O–H groups in total. The lowest BCUT2D eigenvalue weighted by atomic mass is 9.86. The molecule has 3 unspecified atom stereocenters. The number of benzene rings is 1. The minimum atomic E-state index is -0.827. The largest absolute Gasteiger partial charge is 0.481 e. The van der Waals surface area contributed by atoms with Crippen LogP contribution < -0.4 is 0 Å². The minimum absolute atomic E-state index is 0.108. The summed E-state index contributed by atoms with van der Waals surface area (Å²) < 4.78 is 26.7. The van der Waals surface area contributed by atoms with Crippen molar-refractivity contribution in [3.05, 3.63) is 35.4 Å². The Balaban J connectivity index is 1.98. The number of nitrogens with zero attached hydrogens (tertiary/aromatic N) is 1. The van der Waals surface area contributed by atoms with E-state index in [0.29, 0.717) is 25.1 Å². The number of halogens is 2. The molecule has 4 nitrogen and oxygen atoms in total. The molecule has 6 heteroatoms. The van der Waals surface area contributed by atoms with Gasteiger partial charge in [-0.2, -0.15) is 0 Å². The van der Waals surface area contributed by atoms with E-state index >= 15 is 0 Å². The Morgan fingerprint density at radius 2 is 2.09 bits per heavy atom. The fourth-order valence-electron chi connectivity index (χ4n) is 3.14. The summed E-state index contributed by atoms with van der Waals surface area (Å²) in [5, 5.41) is 9.10. The fourth-order valence-corrected chi connectivity index (χ4v) is 3.14. The summed E-state index contributed by atoms with van der Waals surface area (Å²) in [7, 11) is 0. The summed E-state index contributed by atoms with van der Waals surface area (Å²) >= 11 is 0. The van der Waals surface area contributed by atoms with Gasteiger partial charge in [0.25, 0.3) is 0 Å². The molecular formula is C17H21F2NO3. The molecule has 1 aromatic carbocycles. The van der Waals surface area contributed by atoms with Gasteiger partial charge in [-0.15, -0.1) is 0 Å². The highest BCUT2D eigenvalue weighted by Crippen LogP contribution is 2.27. The number of hydrogen-bond acceptors (Lipinski definition) is 2. The van der Waals surface area contributed by atoms with Gasteiger partial charge in [-0.25, -0.2) is 8.78 Å². The Bertz CT molecular complexity index is 606. The molecule has 1 aromatic rings. The molecule has 0 aliphatic carbocycles. The van der Waals surface area contributed by atoms with Crippen molar-refractivity contribution in [2.24, 2.45) is 11.8 Å². The predicted octanol–water partition coefficient (Wildman–Crippen LogP) is 3.03. The van der Waals surface area contributed by atoms with Crippen LogP contribution in [0.15, 0.2) is 18.2 Å². The first-order chi connectivity index (χ1) is 10.8. The lowest BCUT2D eigenvalue weighted by Gasteiger charge is -2.35. The fraction of sp³-hybridized carbons (Fsp3) is 0.529. The molecule has 1 saturated heterocycles. The molecule has 1 fully saturated rings. The zero-order chi connectivity index (χ0) is 17.1. The molecule has 1 amide bonds. The first kappa shape index (κ1) is 17.4. The number of hydrogen-bond donors (Lipinski definition) is 1. The lowest BCUT2D eigenvalue weighted by molar-refractivity contribution is -0.148. The maximum absolute atomic E-state index is 13.8. The molecule has 23 heavy (non-hydrogen) atoms. The van der Waals surface area contributed by atoms with Crippen LogP contribution in [0.3, 0.4) is 0 Å². The second kappa shape index (κ2) is 7.06. The number of piperidine rings is 1. The van der Waals surface area contributed by atoms with Gasteiger partial charge in [0, 0.05) is 25.6 Å². The van der Waals surface area contributed by atoms with Crippen molar-refractivity contribution in [1.82, 2.24) is 4.90 Å². The molecule has 0 saturated carbocycles. The Kier molecular flexibility index (Phi) is 5.34. The van der Waals surface area contributed by atoms with Gasteiger partial charge in [-0.3, -0.25) is 9.59 Å². The molecule has 0 bridgehead atoms. The highest BCUT2D eigenvalue weighted by Gasteiger charge is 2.33. The van der Waals surface area contributed by atoms with Crippen LogP contribution in [0.1, 0.15) is 38.2 Å². The van der Waals surface area contributed by atoms with E-state index < -0.39 is 23.5 Å². The molecule has 0 spiro atoms. The Labute approximate surface area is 134 Å². The number of carboxylic acids is 1. The van der Waals surface area contributed by atoms with Crippen molar-refractivity contribution in [2.45, 2.75) is 32.6 Å². The van der Waals surface area contributed by atoms with Gasteiger partial charge < -0.3 is 10.0 Å². The normalized spacial score (nSPS) is 22.7. The van der Waals surface area contributed by atoms with Crippen LogP contribution in [0, 0.1) is 23.5 Å². The monoisotopic (exact) mass is 325 g/mol. The van der Waals surface area contributed by atoms with Gasteiger partial charge >= 0.3 is 5.97 Å². The molecule has 1 aliphatic heterocycles. The van der Waals surface area contributed by atoms with E-state index in [-0.39, 0.29) is 24.2 Å². The van der Waals surface area contributed by atoms with E-state index in [9.17, 15) is 18.4 Å². The SMILES string of the molecule is CC(CC(=O)N1CCC(C(=O)O)C(C)C1)c1ccc(F)cc1F. The number of carbonyl (C=O) groups is 2. The average molecular weight is 325 g/mol. The summed E-state index contributed by atoms with van der Waals surface area (Å²) in [6.45, 7) is 4.34. The van der Waals surface area contributed by atoms with Crippen LogP contribution in [0.5, 0.6) is 0 Å². The molecule has 126 valence electrons. The van der Waals surface area contributed by atoms with E-state index in [4.69, 9.17) is 5.11 Å². The van der Waals surface area contributed by atoms with Crippen molar-refractivity contribution in [3.63, 3.8) is 0 Å². The van der Waals surface area contributed by atoms with Gasteiger partial charge in [0.15, 0.2) is 0 Å². The minimum Gasteiger partial charge on any atom is -0.481 e. The summed E-state index contributed by atoms with van der Waals surface area (Å²) in [4.78, 5) is 25.1. The third-order valence-corrected chi connectivity index (χ3v) is 4.55. The van der Waals surface area contributed by atoms with E-state index in [2.05, 4.69) is 0 Å². The molecule has 3 atom stereocenters. The van der Waals surface area contributed by atoms with E-state index in [0.717, 1.165) is 6.07 Å². The topological polar surface area (TPSA) is 57.6 Å². The van der Waals surface area contributed by atoms with Gasteiger partial charge in [0.1, 0.15) is 11.6 Å². The van der Waals surface area contributed by atoms with Gasteiger partial charge in [0.2, 0.25) is 5.91 Å². The second-order valence-electron chi connectivity index (χ2n) is 6.32. The first-order valence-electron chi connectivity index (χ1n) is 7.75. The van der Waals surface area contributed by atoms with E-state index in [1.54, 1.807) is 11.8 Å². The zero-order valence-electron chi connectivity index (χ0n) is 13.3. The van der Waals surface area contributed by atoms with Crippen molar-refractivity contribution >= 4 is 11.9 Å². The van der Waals surface area contributed by atoms with Gasteiger partial charge in [-0.05, 0) is 29.9 Å². The average Bonchev–Trinajstić information content (AvgIpc) is 2.46. The maximum Gasteiger partial charge on any atom is 0.306 e. The molecule has 1 aliphatic rings. The molecule has 1 heterocycles. The maximum atomic E-state index is 13.8.